The Labute approximate surface area is 196 Å². The first kappa shape index (κ1) is 21.6. The number of fused-ring (bicyclic) bond motifs is 1. The van der Waals surface area contributed by atoms with E-state index in [4.69, 9.17) is 27.1 Å². The van der Waals surface area contributed by atoms with Crippen LogP contribution in [0.3, 0.4) is 0 Å². The maximum absolute atomic E-state index is 6.36. The first-order chi connectivity index (χ1) is 15.5. The standard InChI is InChI=1S/C22H26ClN7OS/c1-13-19(25-2)22(11-31-13)4-7-30(8-5-22)21-14-9-26-12-29-18(14)16(10-28-21)32-15-3-6-27-20(24)17(15)23/h3,6,9-10,12-13,19,25H,4-5,7-8,11H2,1-2H3,(H2,24,27)/t13-,19+/m0/s1. The van der Waals surface area contributed by atoms with E-state index in [1.165, 1.54) is 11.8 Å². The van der Waals surface area contributed by atoms with Crippen LogP contribution in [0, 0.1) is 5.41 Å². The summed E-state index contributed by atoms with van der Waals surface area (Å²) < 4.78 is 6.01. The van der Waals surface area contributed by atoms with Gasteiger partial charge in [0.1, 0.15) is 18.0 Å². The highest BCUT2D eigenvalue weighted by Gasteiger charge is 2.48. The molecule has 2 fully saturated rings. The minimum atomic E-state index is 0.185. The lowest BCUT2D eigenvalue weighted by Crippen LogP contribution is -2.52. The number of halogens is 1. The quantitative estimate of drug-likeness (QED) is 0.592. The topological polar surface area (TPSA) is 102 Å². The molecular formula is C22H26ClN7OS. The summed E-state index contributed by atoms with van der Waals surface area (Å²) in [5, 5.41) is 4.87. The first-order valence-electron chi connectivity index (χ1n) is 10.7. The van der Waals surface area contributed by atoms with Gasteiger partial charge in [-0.1, -0.05) is 23.4 Å². The molecule has 168 valence electrons. The maximum atomic E-state index is 6.36. The average Bonchev–Trinajstić information content (AvgIpc) is 3.12. The van der Waals surface area contributed by atoms with Crippen LogP contribution < -0.4 is 16.0 Å². The number of nitrogens with zero attached hydrogens (tertiary/aromatic N) is 5. The normalized spacial score (nSPS) is 22.7. The molecule has 0 bridgehead atoms. The molecule has 3 aromatic rings. The number of likely N-dealkylation sites (N-methyl/N-ethyl adjacent to an activating group) is 1. The molecule has 0 radical (unpaired) electrons. The third-order valence-electron chi connectivity index (χ3n) is 6.72. The Morgan fingerprint density at radius 3 is 2.81 bits per heavy atom. The molecule has 0 saturated carbocycles. The molecule has 10 heteroatoms. The van der Waals surface area contributed by atoms with E-state index in [1.807, 2.05) is 25.5 Å². The van der Waals surface area contributed by atoms with Crippen LogP contribution >= 0.6 is 23.4 Å². The number of nitrogen functional groups attached to an aromatic ring is 1. The van der Waals surface area contributed by atoms with Crippen molar-refractivity contribution in [2.24, 2.45) is 5.41 Å². The molecule has 2 saturated heterocycles. The molecule has 0 unspecified atom stereocenters. The maximum Gasteiger partial charge on any atom is 0.143 e. The smallest absolute Gasteiger partial charge is 0.143 e. The SMILES string of the molecule is CN[C@@H]1[C@H](C)OCC12CCN(c1ncc(Sc3ccnc(N)c3Cl)c3ncncc13)CC2. The van der Waals surface area contributed by atoms with E-state index in [9.17, 15) is 0 Å². The Balaban J connectivity index is 1.43. The van der Waals surface area contributed by atoms with Crippen molar-refractivity contribution in [1.29, 1.82) is 0 Å². The summed E-state index contributed by atoms with van der Waals surface area (Å²) in [6, 6.07) is 2.23. The lowest BCUT2D eigenvalue weighted by molar-refractivity contribution is 0.0972. The number of rotatable bonds is 4. The van der Waals surface area contributed by atoms with Crippen molar-refractivity contribution in [1.82, 2.24) is 25.3 Å². The van der Waals surface area contributed by atoms with Gasteiger partial charge in [-0.2, -0.15) is 0 Å². The van der Waals surface area contributed by atoms with Gasteiger partial charge >= 0.3 is 0 Å². The predicted octanol–water partition coefficient (Wildman–Crippen LogP) is 3.40. The molecule has 5 rings (SSSR count). The van der Waals surface area contributed by atoms with Crippen LogP contribution in [0.4, 0.5) is 11.6 Å². The van der Waals surface area contributed by atoms with Gasteiger partial charge in [-0.25, -0.2) is 19.9 Å². The lowest BCUT2D eigenvalue weighted by Gasteiger charge is -2.43. The molecular weight excluding hydrogens is 446 g/mol. The first-order valence-corrected chi connectivity index (χ1v) is 11.9. The summed E-state index contributed by atoms with van der Waals surface area (Å²) in [6.45, 7) is 4.82. The number of pyridine rings is 2. The number of hydrogen-bond acceptors (Lipinski definition) is 9. The molecule has 0 amide bonds. The van der Waals surface area contributed by atoms with Crippen LogP contribution in [0.1, 0.15) is 19.8 Å². The molecule has 2 atom stereocenters. The second-order valence-corrected chi connectivity index (χ2v) is 9.94. The highest BCUT2D eigenvalue weighted by atomic mass is 35.5. The Morgan fingerprint density at radius 2 is 2.03 bits per heavy atom. The summed E-state index contributed by atoms with van der Waals surface area (Å²) in [5.74, 6) is 1.24. The zero-order valence-electron chi connectivity index (χ0n) is 18.1. The van der Waals surface area contributed by atoms with Crippen molar-refractivity contribution < 1.29 is 4.74 Å². The Morgan fingerprint density at radius 1 is 1.22 bits per heavy atom. The monoisotopic (exact) mass is 471 g/mol. The van der Waals surface area contributed by atoms with Gasteiger partial charge in [0, 0.05) is 48.0 Å². The number of aromatic nitrogens is 4. The van der Waals surface area contributed by atoms with Crippen molar-refractivity contribution >= 4 is 45.9 Å². The van der Waals surface area contributed by atoms with Crippen molar-refractivity contribution in [2.45, 2.75) is 41.7 Å². The van der Waals surface area contributed by atoms with Gasteiger partial charge in [-0.3, -0.25) is 0 Å². The Bertz CT molecular complexity index is 1140. The van der Waals surface area contributed by atoms with Gasteiger partial charge in [0.05, 0.1) is 33.5 Å². The molecule has 2 aliphatic rings. The minimum Gasteiger partial charge on any atom is -0.382 e. The van der Waals surface area contributed by atoms with Crippen molar-refractivity contribution in [3.63, 3.8) is 0 Å². The molecule has 32 heavy (non-hydrogen) atoms. The molecule has 0 aliphatic carbocycles. The summed E-state index contributed by atoms with van der Waals surface area (Å²) in [5.41, 5.74) is 6.91. The molecule has 2 aliphatic heterocycles. The van der Waals surface area contributed by atoms with Gasteiger partial charge in [-0.15, -0.1) is 0 Å². The number of hydrogen-bond donors (Lipinski definition) is 2. The van der Waals surface area contributed by atoms with E-state index in [2.05, 4.69) is 32.1 Å². The van der Waals surface area contributed by atoms with Crippen LogP contribution in [0.2, 0.25) is 5.02 Å². The number of ether oxygens (including phenoxy) is 1. The number of nitrogens with one attached hydrogen (secondary N) is 1. The predicted molar refractivity (Wildman–Crippen MR) is 127 cm³/mol. The molecule has 5 heterocycles. The van der Waals surface area contributed by atoms with E-state index in [-0.39, 0.29) is 11.5 Å². The van der Waals surface area contributed by atoms with Gasteiger partial charge in [0.15, 0.2) is 0 Å². The highest BCUT2D eigenvalue weighted by molar-refractivity contribution is 7.99. The molecule has 8 nitrogen and oxygen atoms in total. The largest absolute Gasteiger partial charge is 0.382 e. The van der Waals surface area contributed by atoms with E-state index in [1.54, 1.807) is 12.5 Å². The molecule has 3 N–H and O–H groups in total. The summed E-state index contributed by atoms with van der Waals surface area (Å²) in [4.78, 5) is 21.8. The fraction of sp³-hybridized carbons (Fsp3) is 0.455. The number of piperidine rings is 1. The van der Waals surface area contributed by atoms with Crippen LogP contribution in [0.15, 0.2) is 40.8 Å². The summed E-state index contributed by atoms with van der Waals surface area (Å²) in [6.07, 6.45) is 9.29. The van der Waals surface area contributed by atoms with Gasteiger partial charge in [0.25, 0.3) is 0 Å². The van der Waals surface area contributed by atoms with Crippen molar-refractivity contribution in [3.05, 3.63) is 36.0 Å². The van der Waals surface area contributed by atoms with Crippen LogP contribution in [0.5, 0.6) is 0 Å². The zero-order valence-corrected chi connectivity index (χ0v) is 19.7. The third kappa shape index (κ3) is 3.67. The van der Waals surface area contributed by atoms with E-state index < -0.39 is 0 Å². The third-order valence-corrected chi connectivity index (χ3v) is 8.31. The van der Waals surface area contributed by atoms with E-state index >= 15 is 0 Å². The molecule has 3 aromatic heterocycles. The van der Waals surface area contributed by atoms with E-state index in [0.717, 1.165) is 59.0 Å². The second-order valence-electron chi connectivity index (χ2n) is 8.47. The number of nitrogens with two attached hydrogens (primary N) is 1. The Kier molecular flexibility index (Phi) is 5.83. The Hall–Kier alpha value is -2.20. The van der Waals surface area contributed by atoms with Crippen molar-refractivity contribution in [2.75, 3.05) is 37.4 Å². The van der Waals surface area contributed by atoms with Gasteiger partial charge in [-0.05, 0) is 32.9 Å². The van der Waals surface area contributed by atoms with Crippen molar-refractivity contribution in [3.8, 4) is 0 Å². The fourth-order valence-electron chi connectivity index (χ4n) is 5.05. The zero-order chi connectivity index (χ0) is 22.3. The fourth-order valence-corrected chi connectivity index (χ4v) is 6.20. The highest BCUT2D eigenvalue weighted by Crippen LogP contribution is 2.44. The second kappa shape index (κ2) is 8.62. The summed E-state index contributed by atoms with van der Waals surface area (Å²) >= 11 is 7.84. The summed E-state index contributed by atoms with van der Waals surface area (Å²) in [7, 11) is 2.04. The van der Waals surface area contributed by atoms with Crippen LogP contribution in [0.25, 0.3) is 10.9 Å². The van der Waals surface area contributed by atoms with Gasteiger partial charge in [0.2, 0.25) is 0 Å². The van der Waals surface area contributed by atoms with Crippen LogP contribution in [-0.4, -0.2) is 58.8 Å². The van der Waals surface area contributed by atoms with Gasteiger partial charge < -0.3 is 20.7 Å². The minimum absolute atomic E-state index is 0.185. The lowest BCUT2D eigenvalue weighted by atomic mass is 9.73. The molecule has 0 aromatic carbocycles. The average molecular weight is 472 g/mol. The molecule has 1 spiro atoms. The number of anilines is 2. The van der Waals surface area contributed by atoms with E-state index in [0.29, 0.717) is 16.9 Å². The van der Waals surface area contributed by atoms with Crippen LogP contribution in [-0.2, 0) is 4.74 Å².